The fraction of sp³-hybridized carbons (Fsp3) is 0.409. The van der Waals surface area contributed by atoms with E-state index in [9.17, 15) is 9.59 Å². The fourth-order valence-corrected chi connectivity index (χ4v) is 7.03. The summed E-state index contributed by atoms with van der Waals surface area (Å²) in [7, 11) is 7.58. The lowest BCUT2D eigenvalue weighted by Gasteiger charge is -2.31. The Morgan fingerprint density at radius 3 is 1.07 bits per heavy atom. The first-order valence-electron chi connectivity index (χ1n) is 19.3. The molecule has 4 aromatic carbocycles. The van der Waals surface area contributed by atoms with Crippen molar-refractivity contribution in [3.63, 3.8) is 0 Å². The van der Waals surface area contributed by atoms with Gasteiger partial charge in [-0.05, 0) is 37.1 Å². The first-order valence-corrected chi connectivity index (χ1v) is 20.8. The molecule has 2 aliphatic heterocycles. The maximum absolute atomic E-state index is 13.2. The highest BCUT2D eigenvalue weighted by atomic mass is 31.2. The molecule has 0 fully saturated rings. The molecular weight excluding hydrogens is 747 g/mol. The van der Waals surface area contributed by atoms with Crippen LogP contribution >= 0.6 is 7.82 Å². The zero-order chi connectivity index (χ0) is 42.0. The molecule has 0 aliphatic carbocycles. The van der Waals surface area contributed by atoms with Crippen LogP contribution in [0.15, 0.2) is 97.1 Å². The summed E-state index contributed by atoms with van der Waals surface area (Å²) in [5.74, 6) is 1.64. The number of esters is 2. The molecular formula is C44H57N2O10P. The molecule has 2 heterocycles. The summed E-state index contributed by atoms with van der Waals surface area (Å²) in [6.45, 7) is 5.84. The molecule has 0 saturated carbocycles. The van der Waals surface area contributed by atoms with Crippen LogP contribution in [0, 0.1) is 0 Å². The van der Waals surface area contributed by atoms with Crippen molar-refractivity contribution in [1.82, 2.24) is 0 Å². The number of hydrogen-bond donors (Lipinski definition) is 1. The summed E-state index contributed by atoms with van der Waals surface area (Å²) in [6, 6.07) is 30.9. The van der Waals surface area contributed by atoms with Crippen LogP contribution in [0.4, 0.5) is 0 Å². The van der Waals surface area contributed by atoms with Gasteiger partial charge in [0.15, 0.2) is 12.2 Å². The van der Waals surface area contributed by atoms with Crippen molar-refractivity contribution < 1.29 is 56.7 Å². The smallest absolute Gasteiger partial charge is 0.318 e. The highest BCUT2D eigenvalue weighted by Gasteiger charge is 2.37. The van der Waals surface area contributed by atoms with Crippen LogP contribution in [0.3, 0.4) is 0 Å². The normalized spacial score (nSPS) is 14.5. The molecule has 2 aliphatic rings. The molecule has 2 atom stereocenters. The van der Waals surface area contributed by atoms with Gasteiger partial charge in [0, 0.05) is 22.3 Å². The number of carbonyl (C=O) groups excluding carboxylic acids is 2. The van der Waals surface area contributed by atoms with Crippen LogP contribution < -0.4 is 19.3 Å². The Morgan fingerprint density at radius 2 is 0.842 bits per heavy atom. The van der Waals surface area contributed by atoms with E-state index in [-0.39, 0.29) is 24.1 Å². The van der Waals surface area contributed by atoms with E-state index in [0.29, 0.717) is 0 Å². The number of fused-ring (bicyclic) bond motifs is 4. The second-order valence-electron chi connectivity index (χ2n) is 16.3. The zero-order valence-electron chi connectivity index (χ0n) is 34.3. The molecule has 0 spiro atoms. The van der Waals surface area contributed by atoms with Crippen LogP contribution in [-0.2, 0) is 23.6 Å². The molecule has 0 saturated heterocycles. The average Bonchev–Trinajstić information content (AvgIpc) is 3.11. The van der Waals surface area contributed by atoms with Crippen LogP contribution in [0.1, 0.15) is 73.6 Å². The maximum Gasteiger partial charge on any atom is 0.318 e. The quantitative estimate of drug-likeness (QED) is 0.0955. The minimum Gasteiger partial charge on any atom is -0.790 e. The van der Waals surface area contributed by atoms with E-state index in [2.05, 4.69) is 56.1 Å². The average molecular weight is 805 g/mol. The lowest BCUT2D eigenvalue weighted by molar-refractivity contribution is -0.873. The Balaban J connectivity index is 0.000000226. The van der Waals surface area contributed by atoms with Crippen molar-refractivity contribution in [3.8, 4) is 23.0 Å². The molecule has 6 rings (SSSR count). The Labute approximate surface area is 337 Å². The summed E-state index contributed by atoms with van der Waals surface area (Å²) in [4.78, 5) is 50.7. The highest BCUT2D eigenvalue weighted by molar-refractivity contribution is 7.42. The molecule has 0 bridgehead atoms. The Morgan fingerprint density at radius 1 is 0.596 bits per heavy atom. The molecule has 2 unspecified atom stereocenters. The van der Waals surface area contributed by atoms with Gasteiger partial charge in [0.1, 0.15) is 47.9 Å². The highest BCUT2D eigenvalue weighted by Crippen LogP contribution is 2.46. The van der Waals surface area contributed by atoms with E-state index in [1.165, 1.54) is 0 Å². The molecule has 4 aromatic rings. The molecule has 13 heteroatoms. The summed E-state index contributed by atoms with van der Waals surface area (Å²) in [5.41, 5.74) is 3.49. The third-order valence-corrected chi connectivity index (χ3v) is 9.12. The largest absolute Gasteiger partial charge is 0.790 e. The molecule has 12 nitrogen and oxygen atoms in total. The number of carbonyl (C=O) groups is 2. The number of para-hydroxylation sites is 4. The van der Waals surface area contributed by atoms with E-state index in [1.807, 2.05) is 97.1 Å². The SMILES string of the molecule is CCCC(C[N+](C)(C)C)OC(=O)C1c2ccccc2Oc2ccccc21.CCCC(C[N+](C)(C)C)OC(=O)C1c2ccccc2Oc2ccccc21.O=P([O-])([O-])O. The number of phosphoric acid groups is 1. The van der Waals surface area contributed by atoms with Gasteiger partial charge in [-0.2, -0.15) is 0 Å². The summed E-state index contributed by atoms with van der Waals surface area (Å²) in [5, 5.41) is 0. The first kappa shape index (κ1) is 45.2. The van der Waals surface area contributed by atoms with Gasteiger partial charge in [0.05, 0.1) is 50.1 Å². The maximum atomic E-state index is 13.2. The van der Waals surface area contributed by atoms with Crippen molar-refractivity contribution in [1.29, 1.82) is 0 Å². The van der Waals surface area contributed by atoms with E-state index < -0.39 is 19.7 Å². The summed E-state index contributed by atoms with van der Waals surface area (Å²) >= 11 is 0. The third kappa shape index (κ3) is 13.8. The van der Waals surface area contributed by atoms with Crippen molar-refractivity contribution in [3.05, 3.63) is 119 Å². The Bertz CT molecular complexity index is 1770. The zero-order valence-corrected chi connectivity index (χ0v) is 35.1. The van der Waals surface area contributed by atoms with Crippen LogP contribution in [0.25, 0.3) is 0 Å². The topological polar surface area (TPSA) is 154 Å². The number of rotatable bonds is 12. The monoisotopic (exact) mass is 804 g/mol. The summed E-state index contributed by atoms with van der Waals surface area (Å²) in [6.07, 6.45) is 3.53. The fourth-order valence-electron chi connectivity index (χ4n) is 7.03. The van der Waals surface area contributed by atoms with E-state index in [0.717, 1.165) is 93.0 Å². The predicted octanol–water partition coefficient (Wildman–Crippen LogP) is 6.49. The van der Waals surface area contributed by atoms with Gasteiger partial charge in [-0.1, -0.05) is 99.5 Å². The second kappa shape index (κ2) is 19.7. The van der Waals surface area contributed by atoms with E-state index in [4.69, 9.17) is 38.2 Å². The van der Waals surface area contributed by atoms with Gasteiger partial charge in [-0.25, -0.2) is 0 Å². The molecule has 0 amide bonds. The van der Waals surface area contributed by atoms with Gasteiger partial charge < -0.3 is 47.2 Å². The molecule has 0 radical (unpaired) electrons. The molecule has 0 aromatic heterocycles. The van der Waals surface area contributed by atoms with Crippen molar-refractivity contribution in [2.24, 2.45) is 0 Å². The van der Waals surface area contributed by atoms with Crippen LogP contribution in [0.2, 0.25) is 0 Å². The molecule has 308 valence electrons. The lowest BCUT2D eigenvalue weighted by atomic mass is 9.88. The van der Waals surface area contributed by atoms with Gasteiger partial charge in [0.25, 0.3) is 0 Å². The van der Waals surface area contributed by atoms with Crippen LogP contribution in [-0.4, -0.2) is 93.4 Å². The number of nitrogens with zero attached hydrogens (tertiary/aromatic N) is 2. The summed E-state index contributed by atoms with van der Waals surface area (Å²) < 4.78 is 34.2. The predicted molar refractivity (Wildman–Crippen MR) is 215 cm³/mol. The van der Waals surface area contributed by atoms with Crippen molar-refractivity contribution in [2.45, 2.75) is 63.6 Å². The third-order valence-electron chi connectivity index (χ3n) is 9.12. The van der Waals surface area contributed by atoms with Gasteiger partial charge >= 0.3 is 11.9 Å². The van der Waals surface area contributed by atoms with Crippen molar-refractivity contribution in [2.75, 3.05) is 55.4 Å². The Hall–Kier alpha value is -4.55. The van der Waals surface area contributed by atoms with Crippen LogP contribution in [0.5, 0.6) is 23.0 Å². The minimum absolute atomic E-state index is 0.0883. The van der Waals surface area contributed by atoms with E-state index in [1.54, 1.807) is 0 Å². The molecule has 1 N–H and O–H groups in total. The van der Waals surface area contributed by atoms with Gasteiger partial charge in [-0.3, -0.25) is 9.59 Å². The number of hydrogen-bond acceptors (Lipinski definition) is 9. The number of benzene rings is 4. The Kier molecular flexibility index (Phi) is 15.6. The second-order valence-corrected chi connectivity index (χ2v) is 17.3. The van der Waals surface area contributed by atoms with E-state index >= 15 is 0 Å². The minimum atomic E-state index is -5.14. The number of quaternary nitrogens is 2. The van der Waals surface area contributed by atoms with Gasteiger partial charge in [0.2, 0.25) is 0 Å². The number of likely N-dealkylation sites (N-methyl/N-ethyl adjacent to an activating group) is 2. The standard InChI is InChI=1S/2C22H28NO3.H3O4P/c2*1-5-10-16(15-23(2,3)4)25-22(24)21-17-11-6-8-13-19(17)26-20-14-9-7-12-18(20)21;1-5(2,3)4/h2*6-9,11-14,16,21H,5,10,15H2,1-4H3;(H3,1,2,3,4)/q2*+1;/p-2. The molecule has 57 heavy (non-hydrogen) atoms. The van der Waals surface area contributed by atoms with Crippen molar-refractivity contribution >= 4 is 19.8 Å². The van der Waals surface area contributed by atoms with Gasteiger partial charge in [-0.15, -0.1) is 0 Å². The number of ether oxygens (including phenoxy) is 4. The lowest BCUT2D eigenvalue weighted by Crippen LogP contribution is -2.43. The first-order chi connectivity index (χ1) is 26.8.